The van der Waals surface area contributed by atoms with Crippen molar-refractivity contribution in [1.29, 1.82) is 0 Å². The Bertz CT molecular complexity index is 950. The normalized spacial score (nSPS) is 38.8. The zero-order chi connectivity index (χ0) is 26.4. The predicted octanol–water partition coefficient (Wildman–Crippen LogP) is -2.37. The molecule has 14 nitrogen and oxygen atoms in total. The number of carboxylic acid groups (broad SMARTS) is 1. The summed E-state index contributed by atoms with van der Waals surface area (Å²) in [5.74, 6) is -1.77. The van der Waals surface area contributed by atoms with Crippen molar-refractivity contribution in [2.45, 2.75) is 26.8 Å². The fourth-order valence-corrected chi connectivity index (χ4v) is 6.77. The second-order valence-corrected chi connectivity index (χ2v) is 11.4. The SMILES string of the molecule is CC[N+]1(CC(=O)O)CC[N+]2(CC(=O)NCCNC(C)C)C[N+]3(CC[N+]4(C)COC(=O)C4)CC(=O)O[N@+]123. The second-order valence-electron chi connectivity index (χ2n) is 11.4. The van der Waals surface area contributed by atoms with Crippen molar-refractivity contribution < 1.29 is 57.1 Å². The van der Waals surface area contributed by atoms with Crippen LogP contribution in [0.1, 0.15) is 20.8 Å². The number of amides is 1. The molecule has 4 heterocycles. The molecule has 4 aliphatic rings. The fourth-order valence-electron chi connectivity index (χ4n) is 6.77. The van der Waals surface area contributed by atoms with Gasteiger partial charge in [-0.2, -0.15) is 0 Å². The van der Waals surface area contributed by atoms with Gasteiger partial charge in [-0.05, 0) is 11.5 Å². The number of aliphatic carboxylic acids is 1. The highest BCUT2D eigenvalue weighted by Crippen LogP contribution is 2.56. The fraction of sp³-hybridized carbons (Fsp3) is 0.818. The van der Waals surface area contributed by atoms with Crippen molar-refractivity contribution in [2.75, 3.05) is 92.4 Å². The molecule has 4 unspecified atom stereocenters. The van der Waals surface area contributed by atoms with Crippen LogP contribution in [0.15, 0.2) is 0 Å². The van der Waals surface area contributed by atoms with Crippen molar-refractivity contribution >= 4 is 23.8 Å². The van der Waals surface area contributed by atoms with Gasteiger partial charge < -0.3 is 20.5 Å². The summed E-state index contributed by atoms with van der Waals surface area (Å²) in [5.41, 5.74) is 0. The van der Waals surface area contributed by atoms with E-state index in [1.807, 2.05) is 27.8 Å². The standard InChI is InChI=1S/C22H40N7O7/c1-5-26(13-20(31)32)10-11-27(12-19(30)24-7-6-23-18(2)3)16-28(15-22(34)36-29(26,27)28)9-8-25(4)14-21(33)35-17-25/h18,23H,5-17H2,1-4H3/q+3/p+2/t25?,26?,27?,28?,29-/m1/s1. The first-order valence-corrected chi connectivity index (χ1v) is 12.8. The first-order chi connectivity index (χ1) is 16.9. The number of ether oxygens (including phenoxy) is 1. The van der Waals surface area contributed by atoms with E-state index in [0.29, 0.717) is 63.0 Å². The van der Waals surface area contributed by atoms with Gasteiger partial charge in [-0.1, -0.05) is 13.8 Å². The average molecular weight is 517 g/mol. The van der Waals surface area contributed by atoms with E-state index in [4.69, 9.17) is 9.57 Å². The molecule has 0 aromatic rings. The molecule has 4 fully saturated rings. The Morgan fingerprint density at radius 3 is 2.39 bits per heavy atom. The smallest absolute Gasteiger partial charge is 0.447 e. The number of nitrogens with zero attached hydrogens (tertiary/aromatic N) is 5. The number of cyclic esters (lactones) is 1. The van der Waals surface area contributed by atoms with Crippen molar-refractivity contribution in [2.24, 2.45) is 0 Å². The van der Waals surface area contributed by atoms with Crippen molar-refractivity contribution in [3.8, 4) is 0 Å². The highest BCUT2D eigenvalue weighted by atomic mass is 16.9. The number of hydrogen-bond donors (Lipinski definition) is 3. The maximum Gasteiger partial charge on any atom is 0.447 e. The first-order valence-electron chi connectivity index (χ1n) is 12.8. The summed E-state index contributed by atoms with van der Waals surface area (Å²) in [6.45, 7) is 10.6. The van der Waals surface area contributed by atoms with E-state index in [-0.39, 0.29) is 63.5 Å². The number of carbonyl (C=O) groups excluding carboxylic acids is 3. The maximum absolute atomic E-state index is 13.1. The van der Waals surface area contributed by atoms with Crippen LogP contribution in [0.5, 0.6) is 0 Å². The summed E-state index contributed by atoms with van der Waals surface area (Å²) in [7, 11) is 1.94. The Morgan fingerprint density at radius 2 is 1.78 bits per heavy atom. The molecule has 0 saturated carbocycles. The minimum atomic E-state index is -0.973. The van der Waals surface area contributed by atoms with Crippen LogP contribution in [0.4, 0.5) is 0 Å². The third kappa shape index (κ3) is 4.05. The molecule has 5 atom stereocenters. The van der Waals surface area contributed by atoms with Gasteiger partial charge in [0.1, 0.15) is 13.1 Å². The van der Waals surface area contributed by atoms with Gasteiger partial charge in [-0.25, -0.2) is 14.4 Å². The summed E-state index contributed by atoms with van der Waals surface area (Å²) >= 11 is 0. The number of carboxylic acids is 1. The summed E-state index contributed by atoms with van der Waals surface area (Å²) in [4.78, 5) is 55.8. The van der Waals surface area contributed by atoms with Gasteiger partial charge in [0, 0.05) is 28.3 Å². The van der Waals surface area contributed by atoms with E-state index < -0.39 is 11.9 Å². The molecule has 4 saturated heterocycles. The molecular formula is C22H42N7O7+5. The molecule has 4 rings (SSSR count). The Hall–Kier alpha value is -2.36. The minimum Gasteiger partial charge on any atom is -0.477 e. The summed E-state index contributed by atoms with van der Waals surface area (Å²) < 4.78 is 6.00. The molecular weight excluding hydrogens is 474 g/mol. The monoisotopic (exact) mass is 516 g/mol. The lowest BCUT2D eigenvalue weighted by atomic mass is 10.3. The van der Waals surface area contributed by atoms with Gasteiger partial charge in [-0.15, -0.1) is 4.84 Å². The van der Waals surface area contributed by atoms with Gasteiger partial charge in [0.05, 0.1) is 7.05 Å². The van der Waals surface area contributed by atoms with E-state index in [1.165, 1.54) is 0 Å². The number of rotatable bonds is 12. The number of hydrogen-bond acceptors (Lipinski definition) is 7. The van der Waals surface area contributed by atoms with E-state index in [1.54, 1.807) is 0 Å². The zero-order valence-corrected chi connectivity index (χ0v) is 21.9. The molecule has 0 aromatic carbocycles. The Balaban J connectivity index is 1.62. The molecule has 0 bridgehead atoms. The number of likely N-dealkylation sites (N-methyl/N-ethyl adjacent to an activating group) is 2. The van der Waals surface area contributed by atoms with Gasteiger partial charge >= 0.3 is 24.6 Å². The number of quaternary nitrogens is 5. The molecule has 0 aliphatic carbocycles. The molecule has 36 heavy (non-hydrogen) atoms. The summed E-state index contributed by atoms with van der Waals surface area (Å²) in [6.07, 6.45) is 0. The Morgan fingerprint density at radius 1 is 1.03 bits per heavy atom. The van der Waals surface area contributed by atoms with Crippen LogP contribution in [0.25, 0.3) is 0 Å². The quantitative estimate of drug-likeness (QED) is 0.149. The lowest BCUT2D eigenvalue weighted by molar-refractivity contribution is -2.03. The van der Waals surface area contributed by atoms with Gasteiger partial charge in [0.15, 0.2) is 26.2 Å². The molecule has 202 valence electrons. The zero-order valence-electron chi connectivity index (χ0n) is 21.9. The van der Waals surface area contributed by atoms with Crippen LogP contribution in [0.2, 0.25) is 0 Å². The number of carbonyl (C=O) groups is 4. The highest BCUT2D eigenvalue weighted by molar-refractivity contribution is 5.77. The minimum absolute atomic E-state index is 0.0302. The van der Waals surface area contributed by atoms with Crippen LogP contribution in [0, 0.1) is 0 Å². The largest absolute Gasteiger partial charge is 0.477 e. The third-order valence-electron chi connectivity index (χ3n) is 8.32. The molecule has 1 spiro atoms. The van der Waals surface area contributed by atoms with Gasteiger partial charge in [0.2, 0.25) is 26.4 Å². The van der Waals surface area contributed by atoms with Gasteiger partial charge in [0.25, 0.3) is 10.9 Å². The van der Waals surface area contributed by atoms with Crippen LogP contribution < -0.4 is 10.6 Å². The van der Waals surface area contributed by atoms with Gasteiger partial charge in [-0.3, -0.25) is 9.28 Å². The van der Waals surface area contributed by atoms with Crippen LogP contribution in [-0.2, 0) is 28.8 Å². The summed E-state index contributed by atoms with van der Waals surface area (Å²) in [6, 6.07) is 0.313. The van der Waals surface area contributed by atoms with Crippen LogP contribution >= 0.6 is 0 Å². The summed E-state index contributed by atoms with van der Waals surface area (Å²) in [5, 5.41) is 16.1. The third-order valence-corrected chi connectivity index (χ3v) is 8.32. The average Bonchev–Trinajstić information content (AvgIpc) is 3.32. The molecule has 14 heteroatoms. The van der Waals surface area contributed by atoms with E-state index in [9.17, 15) is 24.3 Å². The molecule has 3 N–H and O–H groups in total. The lowest BCUT2D eigenvalue weighted by Crippen LogP contribution is -3.00. The Kier molecular flexibility index (Phi) is 6.81. The Labute approximate surface area is 211 Å². The number of esters is 1. The van der Waals surface area contributed by atoms with Crippen LogP contribution in [0.3, 0.4) is 0 Å². The lowest BCUT2D eigenvalue weighted by Gasteiger charge is -2.57. The van der Waals surface area contributed by atoms with Crippen LogP contribution in [-0.4, -0.2) is 151 Å². The van der Waals surface area contributed by atoms with E-state index >= 15 is 0 Å². The number of nitrogens with one attached hydrogen (secondary N) is 2. The van der Waals surface area contributed by atoms with Crippen molar-refractivity contribution in [1.82, 2.24) is 10.6 Å². The second kappa shape index (κ2) is 9.19. The molecule has 0 radical (unpaired) electrons. The van der Waals surface area contributed by atoms with Crippen molar-refractivity contribution in [3.05, 3.63) is 0 Å². The molecule has 0 aromatic heterocycles. The van der Waals surface area contributed by atoms with E-state index in [0.717, 1.165) is 0 Å². The van der Waals surface area contributed by atoms with Crippen molar-refractivity contribution in [3.63, 3.8) is 0 Å². The molecule has 4 aliphatic heterocycles. The van der Waals surface area contributed by atoms with E-state index in [2.05, 4.69) is 10.6 Å². The molecule has 1 amide bonds. The predicted molar refractivity (Wildman–Crippen MR) is 122 cm³/mol. The maximum atomic E-state index is 13.1. The highest BCUT2D eigenvalue weighted by Gasteiger charge is 2.99. The first kappa shape index (κ1) is 26.7. The topological polar surface area (TPSA) is 131 Å².